The van der Waals surface area contributed by atoms with Crippen LogP contribution < -0.4 is 0 Å². The van der Waals surface area contributed by atoms with E-state index in [1.54, 1.807) is 12.1 Å². The monoisotopic (exact) mass is 266 g/mol. The fraction of sp³-hybridized carbons (Fsp3) is 0.500. The molecule has 0 atom stereocenters. The number of benzene rings is 1. The summed E-state index contributed by atoms with van der Waals surface area (Å²) in [5, 5.41) is 0. The van der Waals surface area contributed by atoms with Crippen LogP contribution in [0.15, 0.2) is 29.2 Å². The van der Waals surface area contributed by atoms with Crippen molar-refractivity contribution in [2.45, 2.75) is 37.0 Å². The molecule has 1 aliphatic rings. The van der Waals surface area contributed by atoms with Crippen LogP contribution in [0.5, 0.6) is 0 Å². The van der Waals surface area contributed by atoms with Gasteiger partial charge in [-0.05, 0) is 25.0 Å². The highest BCUT2D eigenvalue weighted by molar-refractivity contribution is 7.90. The van der Waals surface area contributed by atoms with Crippen molar-refractivity contribution < 1.29 is 13.2 Å². The van der Waals surface area contributed by atoms with Gasteiger partial charge in [0.05, 0.1) is 4.90 Å². The summed E-state index contributed by atoms with van der Waals surface area (Å²) in [6, 6.07) is 6.30. The fourth-order valence-corrected chi connectivity index (χ4v) is 3.10. The van der Waals surface area contributed by atoms with Gasteiger partial charge in [0.1, 0.15) is 0 Å². The molecule has 0 amide bonds. The highest BCUT2D eigenvalue weighted by atomic mass is 32.2. The van der Waals surface area contributed by atoms with Crippen LogP contribution in [-0.2, 0) is 9.84 Å². The van der Waals surface area contributed by atoms with Gasteiger partial charge in [-0.3, -0.25) is 4.79 Å². The van der Waals surface area contributed by atoms with Crippen LogP contribution in [-0.4, -0.2) is 20.5 Å². The highest BCUT2D eigenvalue weighted by Crippen LogP contribution is 2.27. The lowest BCUT2D eigenvalue weighted by molar-refractivity contribution is 0.0889. The van der Waals surface area contributed by atoms with Gasteiger partial charge in [0.2, 0.25) is 0 Å². The molecule has 18 heavy (non-hydrogen) atoms. The van der Waals surface area contributed by atoms with Crippen LogP contribution in [0.3, 0.4) is 0 Å². The van der Waals surface area contributed by atoms with Crippen LogP contribution in [0.25, 0.3) is 0 Å². The molecule has 98 valence electrons. The average Bonchev–Trinajstić information content (AvgIpc) is 2.38. The molecule has 4 heteroatoms. The van der Waals surface area contributed by atoms with E-state index in [2.05, 4.69) is 0 Å². The first-order valence-corrected chi connectivity index (χ1v) is 8.22. The third kappa shape index (κ3) is 2.99. The molecule has 0 heterocycles. The summed E-state index contributed by atoms with van der Waals surface area (Å²) in [6.07, 6.45) is 6.57. The minimum atomic E-state index is -3.18. The Hall–Kier alpha value is -1.16. The maximum Gasteiger partial charge on any atom is 0.175 e. The van der Waals surface area contributed by atoms with Crippen molar-refractivity contribution in [3.05, 3.63) is 29.8 Å². The molecule has 1 aliphatic carbocycles. The maximum atomic E-state index is 12.2. The van der Waals surface area contributed by atoms with Crippen LogP contribution >= 0.6 is 0 Å². The molecule has 2 rings (SSSR count). The second-order valence-electron chi connectivity index (χ2n) is 5.00. The molecule has 3 nitrogen and oxygen atoms in total. The summed E-state index contributed by atoms with van der Waals surface area (Å²) in [6.45, 7) is 0. The fourth-order valence-electron chi connectivity index (χ4n) is 2.47. The lowest BCUT2D eigenvalue weighted by atomic mass is 9.84. The molecule has 0 saturated heterocycles. The summed E-state index contributed by atoms with van der Waals surface area (Å²) < 4.78 is 22.7. The Kier molecular flexibility index (Phi) is 3.85. The van der Waals surface area contributed by atoms with E-state index in [4.69, 9.17) is 0 Å². The lowest BCUT2D eigenvalue weighted by Crippen LogP contribution is -2.17. The first-order valence-electron chi connectivity index (χ1n) is 6.33. The number of carbonyl (C=O) groups is 1. The summed E-state index contributed by atoms with van der Waals surface area (Å²) in [5.41, 5.74) is 0.634. The topological polar surface area (TPSA) is 51.2 Å². The van der Waals surface area contributed by atoms with Gasteiger partial charge in [-0.2, -0.15) is 0 Å². The molecule has 0 N–H and O–H groups in total. The predicted octanol–water partition coefficient (Wildman–Crippen LogP) is 2.85. The summed E-state index contributed by atoms with van der Waals surface area (Å²) >= 11 is 0. The molecule has 0 aromatic heterocycles. The normalized spacial score (nSPS) is 17.6. The van der Waals surface area contributed by atoms with Gasteiger partial charge < -0.3 is 0 Å². The smallest absolute Gasteiger partial charge is 0.175 e. The number of carbonyl (C=O) groups excluding carboxylic acids is 1. The first-order chi connectivity index (χ1) is 8.48. The second-order valence-corrected chi connectivity index (χ2v) is 7.01. The van der Waals surface area contributed by atoms with E-state index in [-0.39, 0.29) is 16.6 Å². The van der Waals surface area contributed by atoms with Crippen molar-refractivity contribution in [2.75, 3.05) is 6.26 Å². The molecule has 1 saturated carbocycles. The molecule has 1 fully saturated rings. The number of hydrogen-bond donors (Lipinski definition) is 0. The van der Waals surface area contributed by atoms with Crippen LogP contribution in [0.1, 0.15) is 42.5 Å². The summed E-state index contributed by atoms with van der Waals surface area (Å²) in [4.78, 5) is 12.5. The second kappa shape index (κ2) is 5.22. The van der Waals surface area contributed by atoms with E-state index in [0.29, 0.717) is 5.56 Å². The van der Waals surface area contributed by atoms with Crippen molar-refractivity contribution in [3.8, 4) is 0 Å². The van der Waals surface area contributed by atoms with Crippen molar-refractivity contribution in [1.29, 1.82) is 0 Å². The minimum Gasteiger partial charge on any atom is -0.294 e. The minimum absolute atomic E-state index is 0.128. The van der Waals surface area contributed by atoms with Gasteiger partial charge in [-0.15, -0.1) is 0 Å². The van der Waals surface area contributed by atoms with E-state index in [9.17, 15) is 13.2 Å². The Balaban J connectivity index is 2.16. The zero-order chi connectivity index (χ0) is 13.2. The van der Waals surface area contributed by atoms with Gasteiger partial charge in [-0.1, -0.05) is 31.4 Å². The molecule has 0 aliphatic heterocycles. The molecule has 0 unspecified atom stereocenters. The largest absolute Gasteiger partial charge is 0.294 e. The van der Waals surface area contributed by atoms with Crippen LogP contribution in [0.4, 0.5) is 0 Å². The maximum absolute atomic E-state index is 12.2. The predicted molar refractivity (Wildman–Crippen MR) is 70.5 cm³/mol. The lowest BCUT2D eigenvalue weighted by Gasteiger charge is -2.20. The molecular formula is C14H18O3S. The highest BCUT2D eigenvalue weighted by Gasteiger charge is 2.22. The summed E-state index contributed by atoms with van der Waals surface area (Å²) in [7, 11) is -3.18. The standard InChI is InChI=1S/C14H18O3S/c1-18(16,17)13-9-7-12(8-10-13)14(15)11-5-3-2-4-6-11/h7-11H,2-6H2,1H3. The molecule has 0 bridgehead atoms. The van der Waals surface area contributed by atoms with Crippen molar-refractivity contribution in [2.24, 2.45) is 5.92 Å². The van der Waals surface area contributed by atoms with E-state index < -0.39 is 9.84 Å². The van der Waals surface area contributed by atoms with Gasteiger partial charge in [0, 0.05) is 17.7 Å². The van der Waals surface area contributed by atoms with Crippen molar-refractivity contribution in [1.82, 2.24) is 0 Å². The Morgan fingerprint density at radius 3 is 2.11 bits per heavy atom. The van der Waals surface area contributed by atoms with E-state index in [1.165, 1.54) is 24.8 Å². The van der Waals surface area contributed by atoms with E-state index in [1.807, 2.05) is 0 Å². The van der Waals surface area contributed by atoms with Gasteiger partial charge >= 0.3 is 0 Å². The summed E-state index contributed by atoms with van der Waals surface area (Å²) in [5.74, 6) is 0.289. The third-order valence-corrected chi connectivity index (χ3v) is 4.67. The SMILES string of the molecule is CS(=O)(=O)c1ccc(C(=O)C2CCCCC2)cc1. The molecule has 0 spiro atoms. The van der Waals surface area contributed by atoms with E-state index in [0.717, 1.165) is 25.7 Å². The molecule has 1 aromatic rings. The Morgan fingerprint density at radius 2 is 1.61 bits per heavy atom. The van der Waals surface area contributed by atoms with Crippen LogP contribution in [0, 0.1) is 5.92 Å². The van der Waals surface area contributed by atoms with Crippen molar-refractivity contribution >= 4 is 15.6 Å². The molecular weight excluding hydrogens is 248 g/mol. The number of Topliss-reactive ketones (excluding diaryl/α,β-unsaturated/α-hetero) is 1. The van der Waals surface area contributed by atoms with Crippen molar-refractivity contribution in [3.63, 3.8) is 0 Å². The zero-order valence-electron chi connectivity index (χ0n) is 10.6. The first kappa shape index (κ1) is 13.3. The van der Waals surface area contributed by atoms with Gasteiger partial charge in [0.25, 0.3) is 0 Å². The van der Waals surface area contributed by atoms with Gasteiger partial charge in [0.15, 0.2) is 15.6 Å². The number of rotatable bonds is 3. The number of hydrogen-bond acceptors (Lipinski definition) is 3. The zero-order valence-corrected chi connectivity index (χ0v) is 11.4. The third-order valence-electron chi connectivity index (χ3n) is 3.54. The number of ketones is 1. The van der Waals surface area contributed by atoms with Gasteiger partial charge in [-0.25, -0.2) is 8.42 Å². The quantitative estimate of drug-likeness (QED) is 0.790. The van der Waals surface area contributed by atoms with Crippen LogP contribution in [0.2, 0.25) is 0 Å². The Bertz CT molecular complexity index is 523. The Morgan fingerprint density at radius 1 is 1.06 bits per heavy atom. The van der Waals surface area contributed by atoms with E-state index >= 15 is 0 Å². The average molecular weight is 266 g/mol. The molecule has 0 radical (unpaired) electrons. The Labute approximate surface area is 108 Å². The number of sulfone groups is 1. The molecule has 1 aromatic carbocycles.